The fraction of sp³-hybridized carbons (Fsp3) is 0.500. The molecule has 0 fully saturated rings. The summed E-state index contributed by atoms with van der Waals surface area (Å²) < 4.78 is 0. The number of nitrogens with zero attached hydrogens (tertiary/aromatic N) is 1. The molecule has 0 unspecified atom stereocenters. The highest BCUT2D eigenvalue weighted by Gasteiger charge is 2.18. The largest absolute Gasteiger partial charge is 0.253 e. The molecule has 0 spiro atoms. The predicted molar refractivity (Wildman–Crippen MR) is 84.3 cm³/mol. The molecule has 0 aliphatic carbocycles. The highest BCUT2D eigenvalue weighted by Crippen LogP contribution is 2.35. The topological polar surface area (TPSA) is 12.9 Å². The second kappa shape index (κ2) is 4.63. The third kappa shape index (κ3) is 1.96. The van der Waals surface area contributed by atoms with E-state index in [9.17, 15) is 0 Å². The summed E-state index contributed by atoms with van der Waals surface area (Å²) in [6.45, 7) is 17.8. The molecule has 1 heterocycles. The molecule has 0 N–H and O–H groups in total. The Bertz CT molecular complexity index is 655. The van der Waals surface area contributed by atoms with Crippen molar-refractivity contribution in [1.82, 2.24) is 4.98 Å². The summed E-state index contributed by atoms with van der Waals surface area (Å²) in [7, 11) is 0. The van der Waals surface area contributed by atoms with E-state index in [1.807, 2.05) is 0 Å². The lowest BCUT2D eigenvalue weighted by molar-refractivity contribution is 0.858. The number of benzene rings is 1. The van der Waals surface area contributed by atoms with Crippen LogP contribution in [0.5, 0.6) is 0 Å². The number of fused-ring (bicyclic) bond motifs is 1. The molecule has 0 atom stereocenters. The molecular formula is C18H25N. The SMILES string of the molecule is Cc1nc2c(C(C)C)c(C)c(C)c(C)c2c(C)c1C. The zero-order valence-corrected chi connectivity index (χ0v) is 13.5. The van der Waals surface area contributed by atoms with Gasteiger partial charge in [0.2, 0.25) is 0 Å². The molecule has 2 aromatic rings. The van der Waals surface area contributed by atoms with Crippen LogP contribution in [0.15, 0.2) is 0 Å². The molecule has 1 heteroatoms. The number of rotatable bonds is 1. The van der Waals surface area contributed by atoms with Gasteiger partial charge in [-0.2, -0.15) is 0 Å². The van der Waals surface area contributed by atoms with E-state index in [-0.39, 0.29) is 0 Å². The van der Waals surface area contributed by atoms with Gasteiger partial charge in [-0.15, -0.1) is 0 Å². The van der Waals surface area contributed by atoms with Crippen molar-refractivity contribution in [3.63, 3.8) is 0 Å². The minimum atomic E-state index is 0.510. The molecule has 102 valence electrons. The van der Waals surface area contributed by atoms with Gasteiger partial charge >= 0.3 is 0 Å². The summed E-state index contributed by atoms with van der Waals surface area (Å²) in [6, 6.07) is 0. The molecule has 1 aromatic heterocycles. The van der Waals surface area contributed by atoms with Crippen molar-refractivity contribution in [3.05, 3.63) is 39.1 Å². The predicted octanol–water partition coefficient (Wildman–Crippen LogP) is 5.21. The highest BCUT2D eigenvalue weighted by molar-refractivity contribution is 5.91. The van der Waals surface area contributed by atoms with Gasteiger partial charge in [-0.3, -0.25) is 4.98 Å². The number of hydrogen-bond donors (Lipinski definition) is 0. The van der Waals surface area contributed by atoms with Crippen LogP contribution in [0.4, 0.5) is 0 Å². The van der Waals surface area contributed by atoms with Gasteiger partial charge in [0.1, 0.15) is 0 Å². The molecule has 0 bridgehead atoms. The summed E-state index contributed by atoms with van der Waals surface area (Å²) in [4.78, 5) is 4.92. The Hall–Kier alpha value is -1.37. The standard InChI is InChI=1S/C18H25N/c1-9(2)16-12(5)10(3)13(6)17-14(7)11(4)15(8)19-18(16)17/h9H,1-8H3. The van der Waals surface area contributed by atoms with Crippen molar-refractivity contribution in [1.29, 1.82) is 0 Å². The van der Waals surface area contributed by atoms with Crippen molar-refractivity contribution in [2.75, 3.05) is 0 Å². The van der Waals surface area contributed by atoms with Gasteiger partial charge in [0.05, 0.1) is 5.52 Å². The third-order valence-corrected chi connectivity index (χ3v) is 4.73. The second-order valence-electron chi connectivity index (χ2n) is 6.11. The summed E-state index contributed by atoms with van der Waals surface area (Å²) in [5, 5.41) is 1.37. The lowest BCUT2D eigenvalue weighted by atomic mass is 9.86. The number of aryl methyl sites for hydroxylation is 3. The van der Waals surface area contributed by atoms with Crippen LogP contribution in [0.25, 0.3) is 10.9 Å². The molecule has 0 radical (unpaired) electrons. The molecule has 0 aliphatic rings. The lowest BCUT2D eigenvalue weighted by Gasteiger charge is -2.21. The van der Waals surface area contributed by atoms with E-state index in [0.29, 0.717) is 5.92 Å². The van der Waals surface area contributed by atoms with E-state index in [2.05, 4.69) is 55.4 Å². The fourth-order valence-electron chi connectivity index (χ4n) is 3.15. The van der Waals surface area contributed by atoms with E-state index in [1.165, 1.54) is 44.3 Å². The van der Waals surface area contributed by atoms with Gasteiger partial charge in [-0.25, -0.2) is 0 Å². The lowest BCUT2D eigenvalue weighted by Crippen LogP contribution is -2.05. The van der Waals surface area contributed by atoms with Crippen molar-refractivity contribution >= 4 is 10.9 Å². The van der Waals surface area contributed by atoms with Gasteiger partial charge in [-0.1, -0.05) is 13.8 Å². The van der Waals surface area contributed by atoms with Crippen LogP contribution >= 0.6 is 0 Å². The number of hydrogen-bond acceptors (Lipinski definition) is 1. The van der Waals surface area contributed by atoms with Crippen LogP contribution in [0.2, 0.25) is 0 Å². The van der Waals surface area contributed by atoms with E-state index < -0.39 is 0 Å². The van der Waals surface area contributed by atoms with Crippen LogP contribution in [0.3, 0.4) is 0 Å². The Morgan fingerprint density at radius 1 is 0.684 bits per heavy atom. The van der Waals surface area contributed by atoms with Gasteiger partial charge < -0.3 is 0 Å². The molecule has 1 nitrogen and oxygen atoms in total. The first-order chi connectivity index (χ1) is 8.77. The molecule has 1 aromatic carbocycles. The zero-order valence-electron chi connectivity index (χ0n) is 13.5. The van der Waals surface area contributed by atoms with E-state index in [4.69, 9.17) is 4.98 Å². The Labute approximate surface area is 117 Å². The first-order valence-corrected chi connectivity index (χ1v) is 7.14. The fourth-order valence-corrected chi connectivity index (χ4v) is 3.15. The van der Waals surface area contributed by atoms with Crippen LogP contribution < -0.4 is 0 Å². The summed E-state index contributed by atoms with van der Waals surface area (Å²) in [5.74, 6) is 0.510. The molecule has 0 amide bonds. The molecule has 0 saturated heterocycles. The molecule has 0 aliphatic heterocycles. The van der Waals surface area contributed by atoms with Crippen LogP contribution in [0.1, 0.15) is 58.8 Å². The summed E-state index contributed by atoms with van der Waals surface area (Å²) in [5.41, 5.74) is 10.7. The van der Waals surface area contributed by atoms with E-state index in [1.54, 1.807) is 0 Å². The van der Waals surface area contributed by atoms with E-state index >= 15 is 0 Å². The van der Waals surface area contributed by atoms with Crippen molar-refractivity contribution in [2.24, 2.45) is 0 Å². The summed E-state index contributed by atoms with van der Waals surface area (Å²) >= 11 is 0. The van der Waals surface area contributed by atoms with Gasteiger partial charge in [0.15, 0.2) is 0 Å². The minimum Gasteiger partial charge on any atom is -0.253 e. The Morgan fingerprint density at radius 2 is 1.21 bits per heavy atom. The highest BCUT2D eigenvalue weighted by atomic mass is 14.7. The second-order valence-corrected chi connectivity index (χ2v) is 6.11. The monoisotopic (exact) mass is 255 g/mol. The van der Waals surface area contributed by atoms with Crippen molar-refractivity contribution in [3.8, 4) is 0 Å². The van der Waals surface area contributed by atoms with Gasteiger partial charge in [0.25, 0.3) is 0 Å². The third-order valence-electron chi connectivity index (χ3n) is 4.73. The smallest absolute Gasteiger partial charge is 0.0748 e. The zero-order chi connectivity index (χ0) is 14.5. The number of pyridine rings is 1. The number of aromatic nitrogens is 1. The Balaban J connectivity index is 3.12. The molecular weight excluding hydrogens is 230 g/mol. The average Bonchev–Trinajstić information content (AvgIpc) is 2.33. The normalized spacial score (nSPS) is 11.6. The van der Waals surface area contributed by atoms with Crippen molar-refractivity contribution < 1.29 is 0 Å². The maximum atomic E-state index is 4.92. The van der Waals surface area contributed by atoms with E-state index in [0.717, 1.165) is 5.69 Å². The quantitative estimate of drug-likeness (QED) is 0.681. The Morgan fingerprint density at radius 3 is 1.74 bits per heavy atom. The Kier molecular flexibility index (Phi) is 3.42. The van der Waals surface area contributed by atoms with Gasteiger partial charge in [-0.05, 0) is 80.8 Å². The van der Waals surface area contributed by atoms with Crippen LogP contribution in [0, 0.1) is 41.5 Å². The molecule has 2 rings (SSSR count). The first kappa shape index (κ1) is 14.0. The molecule has 19 heavy (non-hydrogen) atoms. The van der Waals surface area contributed by atoms with Crippen molar-refractivity contribution in [2.45, 2.75) is 61.3 Å². The minimum absolute atomic E-state index is 0.510. The van der Waals surface area contributed by atoms with Crippen LogP contribution in [-0.4, -0.2) is 4.98 Å². The van der Waals surface area contributed by atoms with Gasteiger partial charge in [0, 0.05) is 11.1 Å². The first-order valence-electron chi connectivity index (χ1n) is 7.14. The maximum Gasteiger partial charge on any atom is 0.0748 e. The van der Waals surface area contributed by atoms with Crippen LogP contribution in [-0.2, 0) is 0 Å². The molecule has 0 saturated carbocycles. The maximum absolute atomic E-state index is 4.92. The summed E-state index contributed by atoms with van der Waals surface area (Å²) in [6.07, 6.45) is 0. The average molecular weight is 255 g/mol.